The molecule has 0 radical (unpaired) electrons. The van der Waals surface area contributed by atoms with Crippen molar-refractivity contribution in [2.24, 2.45) is 0 Å². The van der Waals surface area contributed by atoms with Gasteiger partial charge < -0.3 is 13.4 Å². The number of aromatic nitrogens is 1. The molecule has 3 heteroatoms. The van der Waals surface area contributed by atoms with E-state index in [1.807, 2.05) is 12.1 Å². The van der Waals surface area contributed by atoms with Crippen molar-refractivity contribution in [3.05, 3.63) is 188 Å². The van der Waals surface area contributed by atoms with E-state index in [4.69, 9.17) is 8.83 Å². The number of furan rings is 2. The summed E-state index contributed by atoms with van der Waals surface area (Å²) >= 11 is 0. The molecule has 9 aromatic carbocycles. The van der Waals surface area contributed by atoms with E-state index in [2.05, 4.69) is 180 Å². The van der Waals surface area contributed by atoms with Gasteiger partial charge in [-0.15, -0.1) is 0 Å². The molecule has 0 aliphatic heterocycles. The van der Waals surface area contributed by atoms with E-state index in [0.29, 0.717) is 0 Å². The standard InChI is InChI=1S/C52H31NO2/c1-3-15-32(16-4-1)50-43-31-47-42(36-20-12-14-26-46(36)54-47)30-48(43)55-52(50)51-39-23-9-7-21-37(39)49(38-22-8-10-24-40(38)51)33-27-28-45-41(29-33)35-19-11-13-25-44(35)53(45)34-17-5-2-6-18-34/h1-31H. The number of para-hydroxylation sites is 3. The molecule has 0 saturated heterocycles. The molecule has 3 aromatic heterocycles. The minimum absolute atomic E-state index is 0.838. The van der Waals surface area contributed by atoms with Gasteiger partial charge in [-0.25, -0.2) is 0 Å². The Labute approximate surface area is 315 Å². The molecule has 3 nitrogen and oxygen atoms in total. The Balaban J connectivity index is 1.17. The Morgan fingerprint density at radius 1 is 0.291 bits per heavy atom. The van der Waals surface area contributed by atoms with Crippen LogP contribution < -0.4 is 0 Å². The van der Waals surface area contributed by atoms with Crippen LogP contribution in [0.3, 0.4) is 0 Å². The van der Waals surface area contributed by atoms with Crippen LogP contribution in [0.4, 0.5) is 0 Å². The van der Waals surface area contributed by atoms with Crippen LogP contribution in [0.2, 0.25) is 0 Å². The quantitative estimate of drug-likeness (QED) is 0.171. The maximum Gasteiger partial charge on any atom is 0.144 e. The van der Waals surface area contributed by atoms with Crippen LogP contribution in [-0.2, 0) is 0 Å². The monoisotopic (exact) mass is 701 g/mol. The molecule has 0 aliphatic carbocycles. The molecule has 12 rings (SSSR count). The fraction of sp³-hybridized carbons (Fsp3) is 0. The second-order valence-electron chi connectivity index (χ2n) is 14.4. The number of benzene rings is 9. The van der Waals surface area contributed by atoms with Gasteiger partial charge in [-0.3, -0.25) is 0 Å². The number of fused-ring (bicyclic) bond motifs is 9. The summed E-state index contributed by atoms with van der Waals surface area (Å²) in [7, 11) is 0. The van der Waals surface area contributed by atoms with Gasteiger partial charge in [0.15, 0.2) is 0 Å². The largest absolute Gasteiger partial charge is 0.456 e. The molecule has 0 N–H and O–H groups in total. The van der Waals surface area contributed by atoms with Gasteiger partial charge in [0.1, 0.15) is 22.5 Å². The molecule has 0 aliphatic rings. The summed E-state index contributed by atoms with van der Waals surface area (Å²) in [6.07, 6.45) is 0. The molecule has 12 aromatic rings. The Morgan fingerprint density at radius 2 is 0.836 bits per heavy atom. The van der Waals surface area contributed by atoms with Crippen LogP contribution in [0.1, 0.15) is 0 Å². The zero-order valence-corrected chi connectivity index (χ0v) is 29.7. The first-order chi connectivity index (χ1) is 27.3. The molecule has 0 amide bonds. The van der Waals surface area contributed by atoms with Crippen molar-refractivity contribution in [2.45, 2.75) is 0 Å². The van der Waals surface area contributed by atoms with Crippen LogP contribution in [0.15, 0.2) is 197 Å². The first kappa shape index (κ1) is 30.1. The van der Waals surface area contributed by atoms with Gasteiger partial charge in [-0.05, 0) is 86.8 Å². The van der Waals surface area contributed by atoms with E-state index in [-0.39, 0.29) is 0 Å². The Bertz CT molecular complexity index is 3420. The fourth-order valence-electron chi connectivity index (χ4n) is 9.05. The molecular formula is C52H31NO2. The van der Waals surface area contributed by atoms with Crippen molar-refractivity contribution in [1.82, 2.24) is 4.57 Å². The molecule has 0 spiro atoms. The van der Waals surface area contributed by atoms with Gasteiger partial charge in [0.05, 0.1) is 11.0 Å². The van der Waals surface area contributed by atoms with Gasteiger partial charge in [0.25, 0.3) is 0 Å². The molecule has 55 heavy (non-hydrogen) atoms. The zero-order valence-electron chi connectivity index (χ0n) is 29.7. The van der Waals surface area contributed by atoms with Crippen LogP contribution in [0.5, 0.6) is 0 Å². The van der Waals surface area contributed by atoms with Crippen molar-refractivity contribution in [3.63, 3.8) is 0 Å². The summed E-state index contributed by atoms with van der Waals surface area (Å²) in [5, 5.41) is 10.3. The third-order valence-electron chi connectivity index (χ3n) is 11.4. The SMILES string of the molecule is c1ccc(-c2c(-c3c4ccccc4c(-c4ccc5c(c4)c4ccccc4n5-c4ccccc4)c4ccccc34)oc3cc4c(cc23)oc2ccccc24)cc1. The van der Waals surface area contributed by atoms with Crippen LogP contribution in [0, 0.1) is 0 Å². The third-order valence-corrected chi connectivity index (χ3v) is 11.4. The summed E-state index contributed by atoms with van der Waals surface area (Å²) in [5.74, 6) is 0.860. The predicted molar refractivity (Wildman–Crippen MR) is 229 cm³/mol. The second kappa shape index (κ2) is 11.6. The van der Waals surface area contributed by atoms with Crippen molar-refractivity contribution in [1.29, 1.82) is 0 Å². The van der Waals surface area contributed by atoms with Gasteiger partial charge in [-0.2, -0.15) is 0 Å². The first-order valence-corrected chi connectivity index (χ1v) is 18.8. The molecule has 256 valence electrons. The summed E-state index contributed by atoms with van der Waals surface area (Å²) in [6.45, 7) is 0. The number of nitrogens with zero attached hydrogens (tertiary/aromatic N) is 1. The lowest BCUT2D eigenvalue weighted by atomic mass is 9.86. The van der Waals surface area contributed by atoms with E-state index in [1.165, 1.54) is 43.7 Å². The van der Waals surface area contributed by atoms with Gasteiger partial charge in [0.2, 0.25) is 0 Å². The molecule has 3 heterocycles. The van der Waals surface area contributed by atoms with Gasteiger partial charge >= 0.3 is 0 Å². The molecule has 0 unspecified atom stereocenters. The highest BCUT2D eigenvalue weighted by Gasteiger charge is 2.25. The predicted octanol–water partition coefficient (Wildman–Crippen LogP) is 14.7. The van der Waals surface area contributed by atoms with Crippen molar-refractivity contribution in [3.8, 4) is 39.3 Å². The smallest absolute Gasteiger partial charge is 0.144 e. The van der Waals surface area contributed by atoms with E-state index in [0.717, 1.165) is 71.8 Å². The molecule has 0 bridgehead atoms. The van der Waals surface area contributed by atoms with Gasteiger partial charge in [0, 0.05) is 43.7 Å². The first-order valence-electron chi connectivity index (χ1n) is 18.8. The highest BCUT2D eigenvalue weighted by Crippen LogP contribution is 2.50. The lowest BCUT2D eigenvalue weighted by molar-refractivity contribution is 0.633. The summed E-state index contributed by atoms with van der Waals surface area (Å²) in [5.41, 5.74) is 11.8. The zero-order chi connectivity index (χ0) is 36.0. The molecule has 0 fully saturated rings. The lowest BCUT2D eigenvalue weighted by Crippen LogP contribution is -1.93. The summed E-state index contributed by atoms with van der Waals surface area (Å²) in [6, 6.07) is 67.2. The maximum atomic E-state index is 7.13. The average Bonchev–Trinajstić information content (AvgIpc) is 3.91. The van der Waals surface area contributed by atoms with E-state index >= 15 is 0 Å². The normalized spacial score (nSPS) is 12.0. The fourth-order valence-corrected chi connectivity index (χ4v) is 9.05. The maximum absolute atomic E-state index is 7.13. The molecule has 0 saturated carbocycles. The van der Waals surface area contributed by atoms with E-state index < -0.39 is 0 Å². The van der Waals surface area contributed by atoms with E-state index in [1.54, 1.807) is 0 Å². The van der Waals surface area contributed by atoms with Crippen LogP contribution in [0.25, 0.3) is 116 Å². The number of hydrogen-bond donors (Lipinski definition) is 0. The van der Waals surface area contributed by atoms with Gasteiger partial charge in [-0.1, -0.05) is 140 Å². The summed E-state index contributed by atoms with van der Waals surface area (Å²) < 4.78 is 15.9. The van der Waals surface area contributed by atoms with Crippen molar-refractivity contribution < 1.29 is 8.83 Å². The van der Waals surface area contributed by atoms with Crippen molar-refractivity contribution in [2.75, 3.05) is 0 Å². The summed E-state index contributed by atoms with van der Waals surface area (Å²) in [4.78, 5) is 0. The van der Waals surface area contributed by atoms with Crippen LogP contribution in [-0.4, -0.2) is 4.57 Å². The molecular weight excluding hydrogens is 671 g/mol. The van der Waals surface area contributed by atoms with Crippen LogP contribution >= 0.6 is 0 Å². The second-order valence-corrected chi connectivity index (χ2v) is 14.4. The highest BCUT2D eigenvalue weighted by atomic mass is 16.3. The number of rotatable bonds is 4. The Kier molecular flexibility index (Phi) is 6.34. The minimum Gasteiger partial charge on any atom is -0.456 e. The Morgan fingerprint density at radius 3 is 1.56 bits per heavy atom. The Hall–Kier alpha value is -7.36. The highest BCUT2D eigenvalue weighted by molar-refractivity contribution is 6.24. The number of hydrogen-bond acceptors (Lipinski definition) is 2. The van der Waals surface area contributed by atoms with E-state index in [9.17, 15) is 0 Å². The minimum atomic E-state index is 0.838. The molecule has 0 atom stereocenters. The topological polar surface area (TPSA) is 31.2 Å². The third kappa shape index (κ3) is 4.38. The average molecular weight is 702 g/mol. The lowest BCUT2D eigenvalue weighted by Gasteiger charge is -2.17. The van der Waals surface area contributed by atoms with Crippen molar-refractivity contribution >= 4 is 76.3 Å².